The van der Waals surface area contributed by atoms with E-state index in [0.29, 0.717) is 25.3 Å². The summed E-state index contributed by atoms with van der Waals surface area (Å²) in [4.78, 5) is 14.9. The lowest BCUT2D eigenvalue weighted by Gasteiger charge is -2.06. The van der Waals surface area contributed by atoms with Crippen molar-refractivity contribution in [1.29, 1.82) is 0 Å². The van der Waals surface area contributed by atoms with Gasteiger partial charge in [-0.3, -0.25) is 0 Å². The molecule has 0 radical (unpaired) electrons. The van der Waals surface area contributed by atoms with E-state index >= 15 is 0 Å². The number of aldehydes is 1. The number of carbonyl (C=O) groups is 1. The van der Waals surface area contributed by atoms with Gasteiger partial charge in [0.05, 0.1) is 12.3 Å². The zero-order valence-electron chi connectivity index (χ0n) is 15.7. The number of aromatic nitrogens is 1. The molecule has 0 saturated heterocycles. The molecule has 3 aromatic rings. The van der Waals surface area contributed by atoms with Gasteiger partial charge in [0.2, 0.25) is 5.89 Å². The minimum Gasteiger partial charge on any atom is -0.493 e. The van der Waals surface area contributed by atoms with Gasteiger partial charge in [0.25, 0.3) is 0 Å². The van der Waals surface area contributed by atoms with Crippen molar-refractivity contribution in [3.05, 3.63) is 71.6 Å². The Morgan fingerprint density at radius 2 is 1.78 bits per heavy atom. The standard InChI is InChI=1S/C23H25NO3/c1-18-22(24-23(27-18)20-9-5-2-6-10-20)15-17-26-21-13-11-19(12-14-21)8-4-3-7-16-25/h2,5-6,9-14,16H,3-4,7-8,15,17H2,1H3. The van der Waals surface area contributed by atoms with Gasteiger partial charge in [-0.2, -0.15) is 0 Å². The summed E-state index contributed by atoms with van der Waals surface area (Å²) < 4.78 is 11.6. The topological polar surface area (TPSA) is 52.3 Å². The normalized spacial score (nSPS) is 10.7. The molecule has 27 heavy (non-hydrogen) atoms. The van der Waals surface area contributed by atoms with E-state index in [4.69, 9.17) is 9.15 Å². The fraction of sp³-hybridized carbons (Fsp3) is 0.304. The van der Waals surface area contributed by atoms with Crippen LogP contribution < -0.4 is 4.74 Å². The lowest BCUT2D eigenvalue weighted by molar-refractivity contribution is -0.107. The summed E-state index contributed by atoms with van der Waals surface area (Å²) >= 11 is 0. The third kappa shape index (κ3) is 5.55. The summed E-state index contributed by atoms with van der Waals surface area (Å²) in [5.74, 6) is 2.35. The van der Waals surface area contributed by atoms with Crippen LogP contribution in [0.4, 0.5) is 0 Å². The van der Waals surface area contributed by atoms with Gasteiger partial charge >= 0.3 is 0 Å². The zero-order chi connectivity index (χ0) is 18.9. The molecule has 0 amide bonds. The van der Waals surface area contributed by atoms with Gasteiger partial charge in [0, 0.05) is 18.4 Å². The number of hydrogen-bond acceptors (Lipinski definition) is 4. The number of benzene rings is 2. The van der Waals surface area contributed by atoms with E-state index in [1.807, 2.05) is 49.4 Å². The van der Waals surface area contributed by atoms with Crippen molar-refractivity contribution in [2.45, 2.75) is 39.0 Å². The number of ether oxygens (including phenoxy) is 1. The first kappa shape index (κ1) is 18.9. The van der Waals surface area contributed by atoms with Crippen LogP contribution in [-0.4, -0.2) is 17.9 Å². The maximum atomic E-state index is 10.3. The molecule has 0 aliphatic heterocycles. The fourth-order valence-corrected chi connectivity index (χ4v) is 2.94. The van der Waals surface area contributed by atoms with Crippen molar-refractivity contribution in [3.8, 4) is 17.2 Å². The van der Waals surface area contributed by atoms with Gasteiger partial charge in [0.15, 0.2) is 0 Å². The molecule has 2 aromatic carbocycles. The average Bonchev–Trinajstić information content (AvgIpc) is 3.08. The fourth-order valence-electron chi connectivity index (χ4n) is 2.94. The van der Waals surface area contributed by atoms with E-state index in [1.165, 1.54) is 5.56 Å². The van der Waals surface area contributed by atoms with Crippen LogP contribution in [0.1, 0.15) is 36.3 Å². The van der Waals surface area contributed by atoms with E-state index in [9.17, 15) is 4.79 Å². The molecule has 0 aliphatic carbocycles. The molecule has 0 N–H and O–H groups in total. The van der Waals surface area contributed by atoms with Crippen LogP contribution in [-0.2, 0) is 17.6 Å². The quantitative estimate of drug-likeness (QED) is 0.368. The molecular formula is C23H25NO3. The lowest BCUT2D eigenvalue weighted by atomic mass is 10.1. The molecule has 0 aliphatic rings. The van der Waals surface area contributed by atoms with Gasteiger partial charge in [-0.15, -0.1) is 0 Å². The second kappa shape index (κ2) is 9.72. The Kier molecular flexibility index (Phi) is 6.80. The van der Waals surface area contributed by atoms with Crippen molar-refractivity contribution < 1.29 is 13.9 Å². The first-order valence-corrected chi connectivity index (χ1v) is 9.43. The molecule has 1 aromatic heterocycles. The highest BCUT2D eigenvalue weighted by molar-refractivity contribution is 5.53. The van der Waals surface area contributed by atoms with E-state index in [1.54, 1.807) is 0 Å². The van der Waals surface area contributed by atoms with E-state index in [2.05, 4.69) is 17.1 Å². The zero-order valence-corrected chi connectivity index (χ0v) is 15.7. The van der Waals surface area contributed by atoms with Crippen LogP contribution in [0.25, 0.3) is 11.5 Å². The van der Waals surface area contributed by atoms with Crippen LogP contribution in [0.5, 0.6) is 5.75 Å². The number of unbranched alkanes of at least 4 members (excludes halogenated alkanes) is 2. The number of nitrogens with zero attached hydrogens (tertiary/aromatic N) is 1. The molecule has 0 spiro atoms. The lowest BCUT2D eigenvalue weighted by Crippen LogP contribution is -2.02. The van der Waals surface area contributed by atoms with E-state index < -0.39 is 0 Å². The highest BCUT2D eigenvalue weighted by Crippen LogP contribution is 2.22. The summed E-state index contributed by atoms with van der Waals surface area (Å²) in [5, 5.41) is 0. The van der Waals surface area contributed by atoms with Gasteiger partial charge in [0.1, 0.15) is 17.8 Å². The monoisotopic (exact) mass is 363 g/mol. The summed E-state index contributed by atoms with van der Waals surface area (Å²) in [6.45, 7) is 2.49. The number of rotatable bonds is 10. The maximum Gasteiger partial charge on any atom is 0.226 e. The molecule has 4 heteroatoms. The van der Waals surface area contributed by atoms with Crippen LogP contribution in [0, 0.1) is 6.92 Å². The summed E-state index contributed by atoms with van der Waals surface area (Å²) in [6, 6.07) is 18.1. The Morgan fingerprint density at radius 3 is 2.52 bits per heavy atom. The third-order valence-electron chi connectivity index (χ3n) is 4.48. The summed E-state index contributed by atoms with van der Waals surface area (Å²) in [6.07, 6.45) is 5.31. The molecule has 4 nitrogen and oxygen atoms in total. The molecule has 0 fully saturated rings. The first-order chi connectivity index (χ1) is 13.3. The van der Waals surface area contributed by atoms with Crippen molar-refractivity contribution in [1.82, 2.24) is 4.98 Å². The SMILES string of the molecule is Cc1oc(-c2ccccc2)nc1CCOc1ccc(CCCCC=O)cc1. The molecule has 140 valence electrons. The molecule has 0 saturated carbocycles. The second-order valence-corrected chi connectivity index (χ2v) is 6.54. The minimum absolute atomic E-state index is 0.556. The smallest absolute Gasteiger partial charge is 0.226 e. The van der Waals surface area contributed by atoms with Gasteiger partial charge in [-0.05, 0) is 56.0 Å². The Morgan fingerprint density at radius 1 is 1.00 bits per heavy atom. The number of hydrogen-bond donors (Lipinski definition) is 0. The second-order valence-electron chi connectivity index (χ2n) is 6.54. The number of carbonyl (C=O) groups excluding carboxylic acids is 1. The van der Waals surface area contributed by atoms with Gasteiger partial charge < -0.3 is 13.9 Å². The molecule has 1 heterocycles. The Hall–Kier alpha value is -2.88. The van der Waals surface area contributed by atoms with Crippen molar-refractivity contribution in [3.63, 3.8) is 0 Å². The average molecular weight is 363 g/mol. The molecule has 3 rings (SSSR count). The Balaban J connectivity index is 1.48. The number of aryl methyl sites for hydroxylation is 2. The van der Waals surface area contributed by atoms with Crippen molar-refractivity contribution >= 4 is 6.29 Å². The van der Waals surface area contributed by atoms with Crippen LogP contribution >= 0.6 is 0 Å². The first-order valence-electron chi connectivity index (χ1n) is 9.43. The van der Waals surface area contributed by atoms with Gasteiger partial charge in [-0.25, -0.2) is 4.98 Å². The predicted octanol–water partition coefficient (Wildman–Crippen LogP) is 5.18. The molecule has 0 atom stereocenters. The summed E-state index contributed by atoms with van der Waals surface area (Å²) in [5.41, 5.74) is 3.19. The Labute approximate surface area is 160 Å². The van der Waals surface area contributed by atoms with Gasteiger partial charge in [-0.1, -0.05) is 30.3 Å². The largest absolute Gasteiger partial charge is 0.493 e. The third-order valence-corrected chi connectivity index (χ3v) is 4.48. The molecule has 0 bridgehead atoms. The minimum atomic E-state index is 0.556. The molecular weight excluding hydrogens is 338 g/mol. The van der Waals surface area contributed by atoms with Crippen molar-refractivity contribution in [2.75, 3.05) is 6.61 Å². The van der Waals surface area contributed by atoms with Crippen LogP contribution in [0.15, 0.2) is 59.0 Å². The molecule has 0 unspecified atom stereocenters. The van der Waals surface area contributed by atoms with Crippen LogP contribution in [0.2, 0.25) is 0 Å². The summed E-state index contributed by atoms with van der Waals surface area (Å²) in [7, 11) is 0. The van der Waals surface area contributed by atoms with Crippen LogP contribution in [0.3, 0.4) is 0 Å². The maximum absolute atomic E-state index is 10.3. The predicted molar refractivity (Wildman–Crippen MR) is 106 cm³/mol. The highest BCUT2D eigenvalue weighted by atomic mass is 16.5. The number of oxazole rings is 1. The van der Waals surface area contributed by atoms with E-state index in [-0.39, 0.29) is 0 Å². The van der Waals surface area contributed by atoms with E-state index in [0.717, 1.165) is 48.3 Å². The highest BCUT2D eigenvalue weighted by Gasteiger charge is 2.11. The van der Waals surface area contributed by atoms with Crippen molar-refractivity contribution in [2.24, 2.45) is 0 Å². The Bertz CT molecular complexity index is 838.